The Bertz CT molecular complexity index is 420. The Hall–Kier alpha value is -0.620. The first kappa shape index (κ1) is 14.8. The number of hydrogen-bond acceptors (Lipinski definition) is 4. The number of thiophene rings is 1. The van der Waals surface area contributed by atoms with Gasteiger partial charge < -0.3 is 15.4 Å². The number of carbonyl (C=O) groups is 1. The van der Waals surface area contributed by atoms with Gasteiger partial charge in [0, 0.05) is 23.9 Å². The monoisotopic (exact) mass is 302 g/mol. The zero-order chi connectivity index (χ0) is 12.4. The Morgan fingerprint density at radius 3 is 3.21 bits per heavy atom. The van der Waals surface area contributed by atoms with E-state index in [9.17, 15) is 4.79 Å². The van der Waals surface area contributed by atoms with Crippen molar-refractivity contribution in [2.75, 3.05) is 19.7 Å². The van der Waals surface area contributed by atoms with Crippen LogP contribution in [0.15, 0.2) is 6.07 Å². The summed E-state index contributed by atoms with van der Waals surface area (Å²) in [5, 5.41) is 6.40. The molecule has 3 rings (SSSR count). The third-order valence-electron chi connectivity index (χ3n) is 3.52. The van der Waals surface area contributed by atoms with Crippen LogP contribution in [-0.2, 0) is 17.8 Å². The van der Waals surface area contributed by atoms with Crippen molar-refractivity contribution in [1.29, 1.82) is 0 Å². The molecule has 1 saturated heterocycles. The fourth-order valence-electron chi connectivity index (χ4n) is 2.49. The Morgan fingerprint density at radius 2 is 2.47 bits per heavy atom. The van der Waals surface area contributed by atoms with Gasteiger partial charge in [-0.25, -0.2) is 0 Å². The van der Waals surface area contributed by atoms with Crippen LogP contribution in [0.4, 0.5) is 0 Å². The van der Waals surface area contributed by atoms with Gasteiger partial charge in [-0.15, -0.1) is 23.7 Å². The van der Waals surface area contributed by atoms with Crippen LogP contribution in [0.1, 0.15) is 33.0 Å². The fourth-order valence-corrected chi connectivity index (χ4v) is 3.56. The Morgan fingerprint density at radius 1 is 1.58 bits per heavy atom. The first-order valence-corrected chi connectivity index (χ1v) is 7.35. The third kappa shape index (κ3) is 3.48. The first-order chi connectivity index (χ1) is 8.83. The summed E-state index contributed by atoms with van der Waals surface area (Å²) >= 11 is 1.61. The molecule has 1 aromatic rings. The van der Waals surface area contributed by atoms with E-state index in [0.717, 1.165) is 37.4 Å². The molecule has 0 aromatic carbocycles. The van der Waals surface area contributed by atoms with Gasteiger partial charge in [-0.1, -0.05) is 0 Å². The molecule has 106 valence electrons. The molecule has 6 heteroatoms. The number of rotatable bonds is 3. The lowest BCUT2D eigenvalue weighted by Gasteiger charge is -2.10. The Balaban J connectivity index is 0.00000133. The number of halogens is 1. The highest BCUT2D eigenvalue weighted by atomic mass is 35.5. The average Bonchev–Trinajstić information content (AvgIpc) is 3.04. The van der Waals surface area contributed by atoms with Crippen LogP contribution in [0, 0.1) is 0 Å². The van der Waals surface area contributed by atoms with E-state index in [2.05, 4.69) is 10.6 Å². The van der Waals surface area contributed by atoms with E-state index in [1.54, 1.807) is 11.3 Å². The Labute approximate surface area is 123 Å². The van der Waals surface area contributed by atoms with E-state index in [1.165, 1.54) is 16.9 Å². The van der Waals surface area contributed by atoms with Crippen LogP contribution in [0.2, 0.25) is 0 Å². The molecule has 1 fully saturated rings. The normalized spacial score (nSPS) is 21.6. The lowest BCUT2D eigenvalue weighted by Crippen LogP contribution is -2.36. The lowest BCUT2D eigenvalue weighted by molar-refractivity contribution is 0.0954. The molecule has 1 aromatic heterocycles. The SMILES string of the molecule is Cl.O=C(NCC1CCCN1)c1cc2c(s1)CCOC2. The Kier molecular flexibility index (Phi) is 5.21. The molecule has 0 saturated carbocycles. The van der Waals surface area contributed by atoms with Crippen molar-refractivity contribution in [2.24, 2.45) is 0 Å². The number of hydrogen-bond donors (Lipinski definition) is 2. The largest absolute Gasteiger partial charge is 0.376 e. The highest BCUT2D eigenvalue weighted by Crippen LogP contribution is 2.26. The van der Waals surface area contributed by atoms with Gasteiger partial charge in [0.2, 0.25) is 0 Å². The number of fused-ring (bicyclic) bond motifs is 1. The molecular weight excluding hydrogens is 284 g/mol. The molecule has 4 nitrogen and oxygen atoms in total. The van der Waals surface area contributed by atoms with Crippen LogP contribution >= 0.6 is 23.7 Å². The number of carbonyl (C=O) groups excluding carboxylic acids is 1. The van der Waals surface area contributed by atoms with Gasteiger partial charge in [-0.3, -0.25) is 4.79 Å². The zero-order valence-corrected chi connectivity index (χ0v) is 12.4. The molecule has 0 spiro atoms. The molecule has 2 N–H and O–H groups in total. The summed E-state index contributed by atoms with van der Waals surface area (Å²) in [6, 6.07) is 2.43. The van der Waals surface area contributed by atoms with Crippen LogP contribution in [0.3, 0.4) is 0 Å². The van der Waals surface area contributed by atoms with Gasteiger partial charge in [0.05, 0.1) is 18.1 Å². The predicted molar refractivity (Wildman–Crippen MR) is 78.3 cm³/mol. The third-order valence-corrected chi connectivity index (χ3v) is 4.76. The smallest absolute Gasteiger partial charge is 0.261 e. The van der Waals surface area contributed by atoms with Gasteiger partial charge in [-0.05, 0) is 31.0 Å². The van der Waals surface area contributed by atoms with Crippen molar-refractivity contribution < 1.29 is 9.53 Å². The summed E-state index contributed by atoms with van der Waals surface area (Å²) in [7, 11) is 0. The van der Waals surface area contributed by atoms with Crippen LogP contribution in [0.5, 0.6) is 0 Å². The molecule has 1 atom stereocenters. The van der Waals surface area contributed by atoms with E-state index >= 15 is 0 Å². The average molecular weight is 303 g/mol. The van der Waals surface area contributed by atoms with E-state index in [4.69, 9.17) is 4.74 Å². The van der Waals surface area contributed by atoms with Crippen LogP contribution in [0.25, 0.3) is 0 Å². The summed E-state index contributed by atoms with van der Waals surface area (Å²) in [5.74, 6) is 0.0584. The van der Waals surface area contributed by atoms with Crippen molar-refractivity contribution in [2.45, 2.75) is 31.9 Å². The molecule has 3 heterocycles. The summed E-state index contributed by atoms with van der Waals surface area (Å²) in [5.41, 5.74) is 1.19. The van der Waals surface area contributed by atoms with Crippen molar-refractivity contribution >= 4 is 29.7 Å². The van der Waals surface area contributed by atoms with Crippen molar-refractivity contribution in [3.05, 3.63) is 21.4 Å². The topological polar surface area (TPSA) is 50.4 Å². The molecular formula is C13H19ClN2O2S. The van der Waals surface area contributed by atoms with Gasteiger partial charge >= 0.3 is 0 Å². The van der Waals surface area contributed by atoms with E-state index in [0.29, 0.717) is 12.6 Å². The number of ether oxygens (including phenoxy) is 1. The summed E-state index contributed by atoms with van der Waals surface area (Å²) in [6.07, 6.45) is 3.32. The quantitative estimate of drug-likeness (QED) is 0.894. The first-order valence-electron chi connectivity index (χ1n) is 6.54. The highest BCUT2D eigenvalue weighted by molar-refractivity contribution is 7.14. The summed E-state index contributed by atoms with van der Waals surface area (Å²) < 4.78 is 5.40. The van der Waals surface area contributed by atoms with E-state index in [1.807, 2.05) is 6.07 Å². The van der Waals surface area contributed by atoms with Crippen LogP contribution < -0.4 is 10.6 Å². The second-order valence-electron chi connectivity index (χ2n) is 4.86. The van der Waals surface area contributed by atoms with Gasteiger partial charge in [-0.2, -0.15) is 0 Å². The maximum atomic E-state index is 12.0. The molecule has 0 radical (unpaired) electrons. The second-order valence-corrected chi connectivity index (χ2v) is 6.00. The highest BCUT2D eigenvalue weighted by Gasteiger charge is 2.19. The molecule has 0 aliphatic carbocycles. The predicted octanol–water partition coefficient (Wildman–Crippen LogP) is 1.72. The molecule has 0 bridgehead atoms. The van der Waals surface area contributed by atoms with Crippen molar-refractivity contribution in [1.82, 2.24) is 10.6 Å². The minimum absolute atomic E-state index is 0. The summed E-state index contributed by atoms with van der Waals surface area (Å²) in [6.45, 7) is 3.24. The minimum Gasteiger partial charge on any atom is -0.376 e. The van der Waals surface area contributed by atoms with Crippen molar-refractivity contribution in [3.63, 3.8) is 0 Å². The standard InChI is InChI=1S/C13H18N2O2S.ClH/c16-13(15-7-10-2-1-4-14-10)12-6-9-8-17-5-3-11(9)18-12;/h6,10,14H,1-5,7-8H2,(H,15,16);1H. The van der Waals surface area contributed by atoms with E-state index in [-0.39, 0.29) is 18.3 Å². The molecule has 19 heavy (non-hydrogen) atoms. The van der Waals surface area contributed by atoms with E-state index < -0.39 is 0 Å². The fraction of sp³-hybridized carbons (Fsp3) is 0.615. The minimum atomic E-state index is 0. The van der Waals surface area contributed by atoms with Crippen LogP contribution in [-0.4, -0.2) is 31.6 Å². The zero-order valence-electron chi connectivity index (χ0n) is 10.7. The molecule has 1 amide bonds. The summed E-state index contributed by atoms with van der Waals surface area (Å²) in [4.78, 5) is 14.2. The van der Waals surface area contributed by atoms with Gasteiger partial charge in [0.15, 0.2) is 0 Å². The van der Waals surface area contributed by atoms with Crippen molar-refractivity contribution in [3.8, 4) is 0 Å². The maximum absolute atomic E-state index is 12.0. The maximum Gasteiger partial charge on any atom is 0.261 e. The molecule has 2 aliphatic rings. The second kappa shape index (κ2) is 6.70. The molecule has 2 aliphatic heterocycles. The van der Waals surface area contributed by atoms with Gasteiger partial charge in [0.25, 0.3) is 5.91 Å². The van der Waals surface area contributed by atoms with Gasteiger partial charge in [0.1, 0.15) is 0 Å². The lowest BCUT2D eigenvalue weighted by atomic mass is 10.2. The number of nitrogens with one attached hydrogen (secondary N) is 2. The molecule has 1 unspecified atom stereocenters. The number of amides is 1.